The summed E-state index contributed by atoms with van der Waals surface area (Å²) < 4.78 is 0. The summed E-state index contributed by atoms with van der Waals surface area (Å²) in [6.07, 6.45) is 4.38. The van der Waals surface area contributed by atoms with Gasteiger partial charge < -0.3 is 11.1 Å². The van der Waals surface area contributed by atoms with Crippen LogP contribution in [-0.4, -0.2) is 21.5 Å². The molecule has 3 N–H and O–H groups in total. The van der Waals surface area contributed by atoms with E-state index in [1.54, 1.807) is 6.33 Å². The molecule has 27 heavy (non-hydrogen) atoms. The Labute approximate surface area is 158 Å². The van der Waals surface area contributed by atoms with Gasteiger partial charge in [-0.1, -0.05) is 30.3 Å². The normalized spacial score (nSPS) is 10.9. The van der Waals surface area contributed by atoms with E-state index in [9.17, 15) is 0 Å². The largest absolute Gasteiger partial charge is 0.399 e. The molecule has 4 rings (SSSR count). The quantitative estimate of drug-likeness (QED) is 0.524. The van der Waals surface area contributed by atoms with Crippen LogP contribution in [0.4, 0.5) is 11.5 Å². The monoisotopic (exact) mass is 355 g/mol. The van der Waals surface area contributed by atoms with E-state index in [2.05, 4.69) is 50.6 Å². The number of nitrogens with two attached hydrogens (primary N) is 1. The molecule has 0 spiro atoms. The van der Waals surface area contributed by atoms with Gasteiger partial charge in [-0.3, -0.25) is 4.98 Å². The zero-order chi connectivity index (χ0) is 18.6. The maximum Gasteiger partial charge on any atom is 0.137 e. The summed E-state index contributed by atoms with van der Waals surface area (Å²) >= 11 is 0. The van der Waals surface area contributed by atoms with Gasteiger partial charge in [0, 0.05) is 35.1 Å². The van der Waals surface area contributed by atoms with Gasteiger partial charge in [-0.2, -0.15) is 0 Å². The topological polar surface area (TPSA) is 76.7 Å². The minimum Gasteiger partial charge on any atom is -0.399 e. The number of hydrogen-bond acceptors (Lipinski definition) is 5. The van der Waals surface area contributed by atoms with Crippen LogP contribution in [-0.2, 0) is 6.42 Å². The van der Waals surface area contributed by atoms with Gasteiger partial charge in [-0.15, -0.1) is 0 Å². The molecule has 0 unspecified atom stereocenters. The summed E-state index contributed by atoms with van der Waals surface area (Å²) in [6.45, 7) is 2.76. The highest BCUT2D eigenvalue weighted by Gasteiger charge is 2.07. The SMILES string of the molecule is Cc1ccc(-c2ccccc2CCNc2ncnc3ccc(N)cc23)cn1. The van der Waals surface area contributed by atoms with Crippen molar-refractivity contribution in [1.82, 2.24) is 15.0 Å². The Kier molecular flexibility index (Phi) is 4.66. The van der Waals surface area contributed by atoms with E-state index < -0.39 is 0 Å². The molecule has 0 aliphatic rings. The lowest BCUT2D eigenvalue weighted by molar-refractivity contribution is 1.01. The molecule has 0 bridgehead atoms. The molecular formula is C22H21N5. The molecule has 0 radical (unpaired) electrons. The Morgan fingerprint density at radius 1 is 0.963 bits per heavy atom. The zero-order valence-corrected chi connectivity index (χ0v) is 15.2. The highest BCUT2D eigenvalue weighted by Crippen LogP contribution is 2.25. The molecule has 0 saturated heterocycles. The average molecular weight is 355 g/mol. The first-order chi connectivity index (χ1) is 13.2. The molecule has 0 amide bonds. The Morgan fingerprint density at radius 3 is 2.70 bits per heavy atom. The molecule has 0 saturated carbocycles. The minimum atomic E-state index is 0.706. The van der Waals surface area contributed by atoms with Crippen LogP contribution in [0, 0.1) is 6.92 Å². The minimum absolute atomic E-state index is 0.706. The van der Waals surface area contributed by atoms with Crippen LogP contribution in [0.3, 0.4) is 0 Å². The predicted molar refractivity (Wildman–Crippen MR) is 111 cm³/mol. The Morgan fingerprint density at radius 2 is 1.85 bits per heavy atom. The number of nitrogens with zero attached hydrogens (tertiary/aromatic N) is 3. The van der Waals surface area contributed by atoms with Gasteiger partial charge in [0.1, 0.15) is 12.1 Å². The van der Waals surface area contributed by atoms with Crippen molar-refractivity contribution in [1.29, 1.82) is 0 Å². The summed E-state index contributed by atoms with van der Waals surface area (Å²) in [6, 6.07) is 18.3. The van der Waals surface area contributed by atoms with E-state index in [0.717, 1.165) is 40.9 Å². The summed E-state index contributed by atoms with van der Waals surface area (Å²) in [7, 11) is 0. The van der Waals surface area contributed by atoms with Gasteiger partial charge >= 0.3 is 0 Å². The van der Waals surface area contributed by atoms with Crippen LogP contribution in [0.15, 0.2) is 67.1 Å². The second-order valence-electron chi connectivity index (χ2n) is 6.52. The molecule has 134 valence electrons. The summed E-state index contributed by atoms with van der Waals surface area (Å²) in [4.78, 5) is 13.1. The third-order valence-corrected chi connectivity index (χ3v) is 4.59. The fourth-order valence-corrected chi connectivity index (χ4v) is 3.18. The number of aromatic nitrogens is 3. The van der Waals surface area contributed by atoms with E-state index in [0.29, 0.717) is 5.69 Å². The van der Waals surface area contributed by atoms with Gasteiger partial charge in [-0.25, -0.2) is 9.97 Å². The lowest BCUT2D eigenvalue weighted by atomic mass is 9.99. The molecule has 5 heteroatoms. The van der Waals surface area contributed by atoms with E-state index in [4.69, 9.17) is 5.73 Å². The molecule has 0 aliphatic carbocycles. The maximum atomic E-state index is 5.92. The number of benzene rings is 2. The highest BCUT2D eigenvalue weighted by atomic mass is 15.0. The van der Waals surface area contributed by atoms with E-state index in [1.807, 2.05) is 37.4 Å². The molecule has 2 aromatic carbocycles. The first kappa shape index (κ1) is 17.0. The van der Waals surface area contributed by atoms with Crippen LogP contribution < -0.4 is 11.1 Å². The van der Waals surface area contributed by atoms with Crippen molar-refractivity contribution in [2.45, 2.75) is 13.3 Å². The summed E-state index contributed by atoms with van der Waals surface area (Å²) in [5.74, 6) is 0.807. The van der Waals surface area contributed by atoms with Crippen molar-refractivity contribution in [2.24, 2.45) is 0 Å². The van der Waals surface area contributed by atoms with Crippen molar-refractivity contribution in [2.75, 3.05) is 17.6 Å². The van der Waals surface area contributed by atoms with Gasteiger partial charge in [0.2, 0.25) is 0 Å². The van der Waals surface area contributed by atoms with E-state index in [1.165, 1.54) is 11.1 Å². The van der Waals surface area contributed by atoms with Gasteiger partial charge in [0.05, 0.1) is 5.52 Å². The Bertz CT molecular complexity index is 1070. The molecule has 2 heterocycles. The molecule has 4 aromatic rings. The third kappa shape index (κ3) is 3.72. The second-order valence-corrected chi connectivity index (χ2v) is 6.52. The van der Waals surface area contributed by atoms with Crippen LogP contribution in [0.2, 0.25) is 0 Å². The van der Waals surface area contributed by atoms with Gasteiger partial charge in [0.15, 0.2) is 0 Å². The zero-order valence-electron chi connectivity index (χ0n) is 15.2. The number of pyridine rings is 1. The third-order valence-electron chi connectivity index (χ3n) is 4.59. The lowest BCUT2D eigenvalue weighted by Gasteiger charge is -2.12. The van der Waals surface area contributed by atoms with Crippen LogP contribution in [0.5, 0.6) is 0 Å². The van der Waals surface area contributed by atoms with Crippen molar-refractivity contribution in [3.63, 3.8) is 0 Å². The number of fused-ring (bicyclic) bond motifs is 1. The highest BCUT2D eigenvalue weighted by molar-refractivity contribution is 5.91. The first-order valence-electron chi connectivity index (χ1n) is 8.96. The number of nitrogen functional groups attached to an aromatic ring is 1. The fraction of sp³-hybridized carbons (Fsp3) is 0.136. The Hall–Kier alpha value is -3.47. The van der Waals surface area contributed by atoms with Crippen molar-refractivity contribution in [3.8, 4) is 11.1 Å². The summed E-state index contributed by atoms with van der Waals surface area (Å²) in [5.41, 5.74) is 12.1. The number of hydrogen-bond donors (Lipinski definition) is 2. The van der Waals surface area contributed by atoms with Crippen LogP contribution in [0.25, 0.3) is 22.0 Å². The second kappa shape index (κ2) is 7.41. The fourth-order valence-electron chi connectivity index (χ4n) is 3.18. The standard InChI is InChI=1S/C22H21N5/c1-15-6-7-17(13-25-15)19-5-3-2-4-16(19)10-11-24-22-20-12-18(23)8-9-21(20)26-14-27-22/h2-9,12-14H,10-11,23H2,1H3,(H,24,26,27). The molecule has 5 nitrogen and oxygen atoms in total. The van der Waals surface area contributed by atoms with Crippen molar-refractivity contribution >= 4 is 22.4 Å². The molecule has 0 atom stereocenters. The Balaban J connectivity index is 1.54. The molecular weight excluding hydrogens is 334 g/mol. The van der Waals surface area contributed by atoms with Crippen LogP contribution >= 0.6 is 0 Å². The molecule has 0 aliphatic heterocycles. The number of rotatable bonds is 5. The van der Waals surface area contributed by atoms with Crippen molar-refractivity contribution < 1.29 is 0 Å². The van der Waals surface area contributed by atoms with Crippen molar-refractivity contribution in [3.05, 3.63) is 78.4 Å². The van der Waals surface area contributed by atoms with E-state index in [-0.39, 0.29) is 0 Å². The van der Waals surface area contributed by atoms with Crippen LogP contribution in [0.1, 0.15) is 11.3 Å². The number of anilines is 2. The number of aryl methyl sites for hydroxylation is 1. The molecule has 0 fully saturated rings. The predicted octanol–water partition coefficient (Wildman–Crippen LogP) is 4.24. The van der Waals surface area contributed by atoms with E-state index >= 15 is 0 Å². The first-order valence-corrected chi connectivity index (χ1v) is 8.96. The smallest absolute Gasteiger partial charge is 0.137 e. The van der Waals surface area contributed by atoms with Gasteiger partial charge in [-0.05, 0) is 48.7 Å². The number of nitrogens with one attached hydrogen (secondary N) is 1. The lowest BCUT2D eigenvalue weighted by Crippen LogP contribution is -2.08. The molecule has 2 aromatic heterocycles. The maximum absolute atomic E-state index is 5.92. The van der Waals surface area contributed by atoms with Gasteiger partial charge in [0.25, 0.3) is 0 Å². The average Bonchev–Trinajstić information content (AvgIpc) is 2.69. The summed E-state index contributed by atoms with van der Waals surface area (Å²) in [5, 5.41) is 4.37.